The van der Waals surface area contributed by atoms with Gasteiger partial charge >= 0.3 is 0 Å². The van der Waals surface area contributed by atoms with Gasteiger partial charge in [-0.2, -0.15) is 0 Å². The van der Waals surface area contributed by atoms with E-state index in [-0.39, 0.29) is 0 Å². The summed E-state index contributed by atoms with van der Waals surface area (Å²) in [6.45, 7) is 8.74. The van der Waals surface area contributed by atoms with Crippen molar-refractivity contribution < 1.29 is 8.42 Å². The number of hydrogen-bond acceptors (Lipinski definition) is 4. The van der Waals surface area contributed by atoms with Crippen molar-refractivity contribution in [1.29, 1.82) is 0 Å². The fraction of sp³-hybridized carbons (Fsp3) is 0.600. The molecule has 1 unspecified atom stereocenters. The topological polar surface area (TPSA) is 61.4 Å². The Morgan fingerprint density at radius 3 is 2.48 bits per heavy atom. The Bertz CT molecular complexity index is 555. The molecular weight excluding hydrogens is 286 g/mol. The first-order chi connectivity index (χ1) is 9.92. The fourth-order valence-corrected chi connectivity index (χ4v) is 3.65. The van der Waals surface area contributed by atoms with Crippen LogP contribution in [0.15, 0.2) is 29.2 Å². The van der Waals surface area contributed by atoms with Crippen molar-refractivity contribution in [2.75, 3.05) is 25.0 Å². The van der Waals surface area contributed by atoms with E-state index in [9.17, 15) is 8.42 Å². The van der Waals surface area contributed by atoms with Gasteiger partial charge in [0.25, 0.3) is 0 Å². The molecule has 0 spiro atoms. The van der Waals surface area contributed by atoms with Gasteiger partial charge in [0.1, 0.15) is 0 Å². The summed E-state index contributed by atoms with van der Waals surface area (Å²) in [6, 6.07) is 7.98. The standard InChI is InChI=1S/C15H25N3O2S/c1-4-16-21(19,20)15-7-5-13(6-8-15)17-14-9-10-18(11-14)12(2)3/h5-8,12,14,16-17H,4,9-11H2,1-3H3. The van der Waals surface area contributed by atoms with E-state index in [4.69, 9.17) is 0 Å². The monoisotopic (exact) mass is 311 g/mol. The minimum atomic E-state index is -3.36. The molecule has 118 valence electrons. The summed E-state index contributed by atoms with van der Waals surface area (Å²) in [5.41, 5.74) is 0.973. The Hall–Kier alpha value is -1.11. The van der Waals surface area contributed by atoms with Crippen LogP contribution in [-0.2, 0) is 10.0 Å². The molecule has 2 rings (SSSR count). The third kappa shape index (κ3) is 4.18. The molecule has 1 heterocycles. The first kappa shape index (κ1) is 16.3. The van der Waals surface area contributed by atoms with Gasteiger partial charge in [-0.3, -0.25) is 4.90 Å². The number of sulfonamides is 1. The molecule has 2 N–H and O–H groups in total. The minimum Gasteiger partial charge on any atom is -0.381 e. The number of nitrogens with one attached hydrogen (secondary N) is 2. The molecule has 1 aromatic carbocycles. The zero-order valence-electron chi connectivity index (χ0n) is 13.0. The van der Waals surface area contributed by atoms with Crippen LogP contribution in [0.3, 0.4) is 0 Å². The quantitative estimate of drug-likeness (QED) is 0.842. The smallest absolute Gasteiger partial charge is 0.240 e. The van der Waals surface area contributed by atoms with Crippen LogP contribution >= 0.6 is 0 Å². The van der Waals surface area contributed by atoms with Crippen LogP contribution in [0.4, 0.5) is 5.69 Å². The Kier molecular flexibility index (Phi) is 5.24. The maximum atomic E-state index is 11.9. The van der Waals surface area contributed by atoms with Gasteiger partial charge in [0.05, 0.1) is 4.90 Å². The average Bonchev–Trinajstić information content (AvgIpc) is 2.88. The summed E-state index contributed by atoms with van der Waals surface area (Å²) in [7, 11) is -3.36. The largest absolute Gasteiger partial charge is 0.381 e. The van der Waals surface area contributed by atoms with E-state index in [1.807, 2.05) is 12.1 Å². The summed E-state index contributed by atoms with van der Waals surface area (Å²) < 4.78 is 26.2. The van der Waals surface area contributed by atoms with Gasteiger partial charge in [0.2, 0.25) is 10.0 Å². The van der Waals surface area contributed by atoms with Crippen molar-refractivity contribution in [3.63, 3.8) is 0 Å². The van der Waals surface area contributed by atoms with Crippen LogP contribution in [-0.4, -0.2) is 45.0 Å². The molecule has 1 aliphatic heterocycles. The van der Waals surface area contributed by atoms with E-state index in [0.717, 1.165) is 25.2 Å². The normalized spacial score (nSPS) is 20.1. The molecule has 21 heavy (non-hydrogen) atoms. The van der Waals surface area contributed by atoms with Gasteiger partial charge in [-0.1, -0.05) is 6.92 Å². The summed E-state index contributed by atoms with van der Waals surface area (Å²) in [5, 5.41) is 3.48. The Balaban J connectivity index is 1.98. The second kappa shape index (κ2) is 6.77. The molecule has 0 bridgehead atoms. The van der Waals surface area contributed by atoms with Gasteiger partial charge in [0.15, 0.2) is 0 Å². The SMILES string of the molecule is CCNS(=O)(=O)c1ccc(NC2CCN(C(C)C)C2)cc1. The third-order valence-electron chi connectivity index (χ3n) is 3.82. The maximum absolute atomic E-state index is 11.9. The number of likely N-dealkylation sites (tertiary alicyclic amines) is 1. The highest BCUT2D eigenvalue weighted by Gasteiger charge is 2.23. The molecule has 0 saturated carbocycles. The lowest BCUT2D eigenvalue weighted by Gasteiger charge is -2.21. The van der Waals surface area contributed by atoms with Crippen LogP contribution in [0.25, 0.3) is 0 Å². The fourth-order valence-electron chi connectivity index (χ4n) is 2.61. The number of hydrogen-bond donors (Lipinski definition) is 2. The van der Waals surface area contributed by atoms with Crippen molar-refractivity contribution in [1.82, 2.24) is 9.62 Å². The van der Waals surface area contributed by atoms with Gasteiger partial charge in [-0.25, -0.2) is 13.1 Å². The van der Waals surface area contributed by atoms with E-state index in [2.05, 4.69) is 28.8 Å². The van der Waals surface area contributed by atoms with Gasteiger partial charge in [-0.15, -0.1) is 0 Å². The molecule has 1 aromatic rings. The molecule has 1 saturated heterocycles. The lowest BCUT2D eigenvalue weighted by Crippen LogP contribution is -2.31. The van der Waals surface area contributed by atoms with Crippen LogP contribution in [0.1, 0.15) is 27.2 Å². The van der Waals surface area contributed by atoms with E-state index in [1.54, 1.807) is 19.1 Å². The summed E-state index contributed by atoms with van der Waals surface area (Å²) >= 11 is 0. The number of nitrogens with zero attached hydrogens (tertiary/aromatic N) is 1. The molecule has 5 nitrogen and oxygen atoms in total. The highest BCUT2D eigenvalue weighted by molar-refractivity contribution is 7.89. The lowest BCUT2D eigenvalue weighted by atomic mass is 10.2. The zero-order chi connectivity index (χ0) is 15.5. The predicted molar refractivity (Wildman–Crippen MR) is 86.0 cm³/mol. The van der Waals surface area contributed by atoms with Crippen molar-refractivity contribution in [3.05, 3.63) is 24.3 Å². The molecule has 1 aliphatic rings. The molecule has 1 fully saturated rings. The van der Waals surface area contributed by atoms with E-state index >= 15 is 0 Å². The molecule has 0 aliphatic carbocycles. The summed E-state index contributed by atoms with van der Waals surface area (Å²) in [6.07, 6.45) is 1.12. The summed E-state index contributed by atoms with van der Waals surface area (Å²) in [4.78, 5) is 2.76. The molecule has 0 radical (unpaired) electrons. The van der Waals surface area contributed by atoms with Crippen molar-refractivity contribution in [2.45, 2.75) is 44.2 Å². The second-order valence-corrected chi connectivity index (χ2v) is 7.51. The molecule has 0 amide bonds. The first-order valence-electron chi connectivity index (χ1n) is 7.52. The van der Waals surface area contributed by atoms with Crippen LogP contribution < -0.4 is 10.0 Å². The molecular formula is C15H25N3O2S. The lowest BCUT2D eigenvalue weighted by molar-refractivity contribution is 0.274. The molecule has 0 aromatic heterocycles. The van der Waals surface area contributed by atoms with Gasteiger partial charge in [0, 0.05) is 37.4 Å². The summed E-state index contributed by atoms with van der Waals surface area (Å²) in [5.74, 6) is 0. The van der Waals surface area contributed by atoms with Gasteiger partial charge < -0.3 is 5.32 Å². The maximum Gasteiger partial charge on any atom is 0.240 e. The Morgan fingerprint density at radius 2 is 1.95 bits per heavy atom. The Labute approximate surface area is 127 Å². The van der Waals surface area contributed by atoms with E-state index < -0.39 is 10.0 Å². The van der Waals surface area contributed by atoms with E-state index in [0.29, 0.717) is 23.5 Å². The van der Waals surface area contributed by atoms with Crippen LogP contribution in [0.2, 0.25) is 0 Å². The van der Waals surface area contributed by atoms with E-state index in [1.165, 1.54) is 0 Å². The van der Waals surface area contributed by atoms with Crippen molar-refractivity contribution >= 4 is 15.7 Å². The number of benzene rings is 1. The zero-order valence-corrected chi connectivity index (χ0v) is 13.8. The second-order valence-electron chi connectivity index (χ2n) is 5.74. The first-order valence-corrected chi connectivity index (χ1v) is 9.01. The van der Waals surface area contributed by atoms with Crippen LogP contribution in [0.5, 0.6) is 0 Å². The molecule has 1 atom stereocenters. The highest BCUT2D eigenvalue weighted by Crippen LogP contribution is 2.19. The van der Waals surface area contributed by atoms with Crippen molar-refractivity contribution in [3.8, 4) is 0 Å². The minimum absolute atomic E-state index is 0.310. The highest BCUT2D eigenvalue weighted by atomic mass is 32.2. The third-order valence-corrected chi connectivity index (χ3v) is 5.38. The number of anilines is 1. The predicted octanol–water partition coefficient (Wildman–Crippen LogP) is 1.88. The van der Waals surface area contributed by atoms with Crippen molar-refractivity contribution in [2.24, 2.45) is 0 Å². The molecule has 6 heteroatoms. The van der Waals surface area contributed by atoms with Crippen LogP contribution in [0, 0.1) is 0 Å². The van der Waals surface area contributed by atoms with Gasteiger partial charge in [-0.05, 0) is 44.5 Å². The Morgan fingerprint density at radius 1 is 1.29 bits per heavy atom. The number of rotatable bonds is 6. The average molecular weight is 311 g/mol.